The lowest BCUT2D eigenvalue weighted by molar-refractivity contribution is 0.214. The van der Waals surface area contributed by atoms with Gasteiger partial charge in [0, 0.05) is 0 Å². The van der Waals surface area contributed by atoms with Crippen LogP contribution in [0.1, 0.15) is 24.5 Å². The van der Waals surface area contributed by atoms with Crippen molar-refractivity contribution >= 4 is 11.3 Å². The SMILES string of the molecule is C=CCCc1ccc(C(=C)/C(C)=N/OC)cc1. The Morgan fingerprint density at radius 3 is 2.53 bits per heavy atom. The third kappa shape index (κ3) is 3.91. The second kappa shape index (κ2) is 6.69. The highest BCUT2D eigenvalue weighted by Crippen LogP contribution is 2.16. The predicted molar refractivity (Wildman–Crippen MR) is 74.1 cm³/mol. The summed E-state index contributed by atoms with van der Waals surface area (Å²) in [6.45, 7) is 9.62. The summed E-state index contributed by atoms with van der Waals surface area (Å²) in [6, 6.07) is 8.36. The number of hydrogen-bond acceptors (Lipinski definition) is 2. The minimum atomic E-state index is 0.798. The van der Waals surface area contributed by atoms with Crippen molar-refractivity contribution in [2.45, 2.75) is 19.8 Å². The zero-order valence-electron chi connectivity index (χ0n) is 10.6. The van der Waals surface area contributed by atoms with Gasteiger partial charge in [-0.2, -0.15) is 0 Å². The molecule has 0 bridgehead atoms. The van der Waals surface area contributed by atoms with Crippen molar-refractivity contribution in [2.75, 3.05) is 7.11 Å². The van der Waals surface area contributed by atoms with Crippen molar-refractivity contribution in [3.8, 4) is 0 Å². The van der Waals surface area contributed by atoms with Crippen LogP contribution in [-0.2, 0) is 11.3 Å². The van der Waals surface area contributed by atoms with Crippen molar-refractivity contribution < 1.29 is 4.84 Å². The van der Waals surface area contributed by atoms with E-state index >= 15 is 0 Å². The first-order valence-corrected chi connectivity index (χ1v) is 5.66. The Bertz CT molecular complexity index is 415. The van der Waals surface area contributed by atoms with Gasteiger partial charge in [-0.15, -0.1) is 6.58 Å². The van der Waals surface area contributed by atoms with Crippen LogP contribution in [0.15, 0.2) is 48.7 Å². The molecule has 0 fully saturated rings. The highest BCUT2D eigenvalue weighted by atomic mass is 16.6. The molecule has 17 heavy (non-hydrogen) atoms. The third-order valence-corrected chi connectivity index (χ3v) is 2.60. The van der Waals surface area contributed by atoms with Crippen LogP contribution >= 0.6 is 0 Å². The molecule has 2 nitrogen and oxygen atoms in total. The van der Waals surface area contributed by atoms with E-state index < -0.39 is 0 Å². The average Bonchev–Trinajstić information content (AvgIpc) is 2.36. The van der Waals surface area contributed by atoms with E-state index in [1.54, 1.807) is 0 Å². The normalized spacial score (nSPS) is 11.1. The van der Waals surface area contributed by atoms with Gasteiger partial charge in [-0.05, 0) is 36.5 Å². The van der Waals surface area contributed by atoms with Gasteiger partial charge in [0.25, 0.3) is 0 Å². The summed E-state index contributed by atoms with van der Waals surface area (Å²) in [5.74, 6) is 0. The molecular formula is C15H19NO. The molecule has 90 valence electrons. The van der Waals surface area contributed by atoms with E-state index in [0.29, 0.717) is 0 Å². The lowest BCUT2D eigenvalue weighted by Crippen LogP contribution is -1.96. The fourth-order valence-corrected chi connectivity index (χ4v) is 1.54. The molecule has 1 aromatic rings. The topological polar surface area (TPSA) is 21.6 Å². The lowest BCUT2D eigenvalue weighted by atomic mass is 10.0. The Morgan fingerprint density at radius 1 is 1.35 bits per heavy atom. The van der Waals surface area contributed by atoms with Gasteiger partial charge in [0.15, 0.2) is 0 Å². The molecule has 0 unspecified atom stereocenters. The van der Waals surface area contributed by atoms with E-state index in [2.05, 4.69) is 42.6 Å². The molecule has 0 amide bonds. The summed E-state index contributed by atoms with van der Waals surface area (Å²) in [4.78, 5) is 4.74. The molecule has 0 N–H and O–H groups in total. The van der Waals surface area contributed by atoms with E-state index in [9.17, 15) is 0 Å². The van der Waals surface area contributed by atoms with E-state index in [4.69, 9.17) is 4.84 Å². The summed E-state index contributed by atoms with van der Waals surface area (Å²) in [6.07, 6.45) is 3.97. The van der Waals surface area contributed by atoms with Gasteiger partial charge in [-0.1, -0.05) is 42.1 Å². The second-order valence-electron chi connectivity index (χ2n) is 3.86. The van der Waals surface area contributed by atoms with Gasteiger partial charge in [0.1, 0.15) is 7.11 Å². The molecule has 0 saturated heterocycles. The van der Waals surface area contributed by atoms with Gasteiger partial charge < -0.3 is 4.84 Å². The van der Waals surface area contributed by atoms with Crippen LogP contribution in [-0.4, -0.2) is 12.8 Å². The Morgan fingerprint density at radius 2 is 2.00 bits per heavy atom. The molecule has 0 saturated carbocycles. The van der Waals surface area contributed by atoms with Crippen LogP contribution in [0.3, 0.4) is 0 Å². The van der Waals surface area contributed by atoms with Gasteiger partial charge in [0.2, 0.25) is 0 Å². The summed E-state index contributed by atoms with van der Waals surface area (Å²) in [7, 11) is 1.54. The monoisotopic (exact) mass is 229 g/mol. The largest absolute Gasteiger partial charge is 0.399 e. The first kappa shape index (κ1) is 13.2. The molecule has 0 aromatic heterocycles. The van der Waals surface area contributed by atoms with Crippen molar-refractivity contribution in [3.63, 3.8) is 0 Å². The second-order valence-corrected chi connectivity index (χ2v) is 3.86. The number of aryl methyl sites for hydroxylation is 1. The molecule has 0 spiro atoms. The number of benzene rings is 1. The number of allylic oxidation sites excluding steroid dienone is 2. The molecule has 0 atom stereocenters. The number of rotatable bonds is 6. The minimum absolute atomic E-state index is 0.798. The molecule has 0 heterocycles. The first-order valence-electron chi connectivity index (χ1n) is 5.66. The summed E-state index contributed by atoms with van der Waals surface area (Å²) in [5, 5.41) is 3.88. The summed E-state index contributed by atoms with van der Waals surface area (Å²) in [5.41, 5.74) is 4.07. The molecule has 0 aliphatic rings. The van der Waals surface area contributed by atoms with Crippen LogP contribution < -0.4 is 0 Å². The van der Waals surface area contributed by atoms with E-state index in [0.717, 1.165) is 29.7 Å². The van der Waals surface area contributed by atoms with Crippen molar-refractivity contribution in [1.29, 1.82) is 0 Å². The maximum atomic E-state index is 4.74. The fourth-order valence-electron chi connectivity index (χ4n) is 1.54. The lowest BCUT2D eigenvalue weighted by Gasteiger charge is -2.06. The Balaban J connectivity index is 2.76. The maximum absolute atomic E-state index is 4.74. The Kier molecular flexibility index (Phi) is 5.21. The summed E-state index contributed by atoms with van der Waals surface area (Å²) >= 11 is 0. The van der Waals surface area contributed by atoms with Crippen LogP contribution in [0, 0.1) is 0 Å². The molecule has 2 heteroatoms. The van der Waals surface area contributed by atoms with Gasteiger partial charge >= 0.3 is 0 Å². The van der Waals surface area contributed by atoms with Crippen LogP contribution in [0.2, 0.25) is 0 Å². The van der Waals surface area contributed by atoms with Crippen molar-refractivity contribution in [2.24, 2.45) is 5.16 Å². The molecule has 0 aliphatic carbocycles. The third-order valence-electron chi connectivity index (χ3n) is 2.60. The van der Waals surface area contributed by atoms with Gasteiger partial charge in [0.05, 0.1) is 5.71 Å². The van der Waals surface area contributed by atoms with Crippen molar-refractivity contribution in [1.82, 2.24) is 0 Å². The standard InChI is InChI=1S/C15H19NO/c1-5-6-7-14-8-10-15(11-9-14)12(2)13(3)16-17-4/h5,8-11H,1-2,6-7H2,3-4H3/b16-13+. The Hall–Kier alpha value is -1.83. The highest BCUT2D eigenvalue weighted by molar-refractivity contribution is 6.21. The van der Waals surface area contributed by atoms with Crippen molar-refractivity contribution in [3.05, 3.63) is 54.6 Å². The average molecular weight is 229 g/mol. The van der Waals surface area contributed by atoms with E-state index in [1.165, 1.54) is 12.7 Å². The highest BCUT2D eigenvalue weighted by Gasteiger charge is 2.03. The van der Waals surface area contributed by atoms with Crippen LogP contribution in [0.5, 0.6) is 0 Å². The molecular weight excluding hydrogens is 210 g/mol. The van der Waals surface area contributed by atoms with Crippen LogP contribution in [0.4, 0.5) is 0 Å². The predicted octanol–water partition coefficient (Wildman–Crippen LogP) is 3.84. The van der Waals surface area contributed by atoms with Gasteiger partial charge in [-0.25, -0.2) is 0 Å². The maximum Gasteiger partial charge on any atom is 0.106 e. The number of nitrogens with zero attached hydrogens (tertiary/aromatic N) is 1. The molecule has 1 aromatic carbocycles. The fraction of sp³-hybridized carbons (Fsp3) is 0.267. The molecule has 1 rings (SSSR count). The zero-order chi connectivity index (χ0) is 12.7. The molecule has 0 aliphatic heterocycles. The Labute approximate surface area is 103 Å². The minimum Gasteiger partial charge on any atom is -0.399 e. The molecule has 0 radical (unpaired) electrons. The van der Waals surface area contributed by atoms with Crippen LogP contribution in [0.25, 0.3) is 5.57 Å². The smallest absolute Gasteiger partial charge is 0.106 e. The van der Waals surface area contributed by atoms with E-state index in [-0.39, 0.29) is 0 Å². The quantitative estimate of drug-likeness (QED) is 0.412. The van der Waals surface area contributed by atoms with E-state index in [1.807, 2.05) is 13.0 Å². The van der Waals surface area contributed by atoms with Gasteiger partial charge in [-0.3, -0.25) is 0 Å². The number of oxime groups is 1. The first-order chi connectivity index (χ1) is 8.19. The zero-order valence-corrected chi connectivity index (χ0v) is 10.6. The summed E-state index contributed by atoms with van der Waals surface area (Å²) < 4.78 is 0. The number of hydrogen-bond donors (Lipinski definition) is 0.